The highest BCUT2D eigenvalue weighted by molar-refractivity contribution is 5.80. The van der Waals surface area contributed by atoms with E-state index in [0.29, 0.717) is 6.61 Å². The number of benzene rings is 3. The van der Waals surface area contributed by atoms with Gasteiger partial charge in [0.1, 0.15) is 17.4 Å². The van der Waals surface area contributed by atoms with Gasteiger partial charge in [-0.25, -0.2) is 9.37 Å². The van der Waals surface area contributed by atoms with Gasteiger partial charge in [-0.15, -0.1) is 0 Å². The van der Waals surface area contributed by atoms with E-state index in [4.69, 9.17) is 9.72 Å². The molecule has 0 amide bonds. The van der Waals surface area contributed by atoms with Gasteiger partial charge in [-0.1, -0.05) is 18.2 Å². The van der Waals surface area contributed by atoms with Gasteiger partial charge < -0.3 is 9.30 Å². The molecule has 0 aliphatic heterocycles. The summed E-state index contributed by atoms with van der Waals surface area (Å²) in [7, 11) is 0. The molecule has 4 rings (SSSR count). The molecule has 1 aromatic heterocycles. The summed E-state index contributed by atoms with van der Waals surface area (Å²) < 4.78 is 21.5. The van der Waals surface area contributed by atoms with Crippen LogP contribution >= 0.6 is 0 Å². The van der Waals surface area contributed by atoms with Crippen molar-refractivity contribution in [2.45, 2.75) is 33.2 Å². The third-order valence-corrected chi connectivity index (χ3v) is 5.28. The number of aromatic nitrogens is 2. The first-order valence-corrected chi connectivity index (χ1v) is 10.0. The number of nitrogens with zero attached hydrogens (tertiary/aromatic N) is 2. The summed E-state index contributed by atoms with van der Waals surface area (Å²) in [5, 5.41) is 0. The molecule has 3 nitrogen and oxygen atoms in total. The van der Waals surface area contributed by atoms with Crippen LogP contribution in [0, 0.1) is 19.7 Å². The van der Waals surface area contributed by atoms with Crippen LogP contribution in [-0.2, 0) is 6.54 Å². The van der Waals surface area contributed by atoms with Crippen LogP contribution in [0.15, 0.2) is 66.7 Å². The summed E-state index contributed by atoms with van der Waals surface area (Å²) in [6.45, 7) is 5.72. The minimum Gasteiger partial charge on any atom is -0.494 e. The molecule has 0 fully saturated rings. The fourth-order valence-electron chi connectivity index (χ4n) is 3.49. The molecule has 29 heavy (non-hydrogen) atoms. The SMILES string of the molecule is Cc1ccc(OCCCCn2c(-c3ccc(F)cc3)nc3ccccc32)cc1C. The van der Waals surface area contributed by atoms with E-state index in [1.165, 1.54) is 23.3 Å². The second kappa shape index (κ2) is 8.48. The number of unbranched alkanes of at least 4 members (excludes halogenated alkanes) is 1. The molecular formula is C25H25FN2O. The van der Waals surface area contributed by atoms with Gasteiger partial charge in [-0.3, -0.25) is 0 Å². The quantitative estimate of drug-likeness (QED) is 0.347. The van der Waals surface area contributed by atoms with Gasteiger partial charge in [0.25, 0.3) is 0 Å². The molecule has 0 N–H and O–H groups in total. The van der Waals surface area contributed by atoms with Crippen LogP contribution in [0.4, 0.5) is 4.39 Å². The van der Waals surface area contributed by atoms with Crippen molar-refractivity contribution in [3.8, 4) is 17.1 Å². The number of imidazole rings is 1. The number of halogens is 1. The van der Waals surface area contributed by atoms with Crippen LogP contribution in [0.25, 0.3) is 22.4 Å². The Bertz CT molecular complexity index is 1120. The molecule has 0 aliphatic carbocycles. The molecule has 4 heteroatoms. The third kappa shape index (κ3) is 4.32. The van der Waals surface area contributed by atoms with Gasteiger partial charge >= 0.3 is 0 Å². The third-order valence-electron chi connectivity index (χ3n) is 5.28. The number of hydrogen-bond donors (Lipinski definition) is 0. The Morgan fingerprint density at radius 3 is 2.48 bits per heavy atom. The lowest BCUT2D eigenvalue weighted by Gasteiger charge is -2.11. The van der Waals surface area contributed by atoms with Gasteiger partial charge in [0.15, 0.2) is 0 Å². The summed E-state index contributed by atoms with van der Waals surface area (Å²) in [6.07, 6.45) is 1.92. The predicted octanol–water partition coefficient (Wildman–Crippen LogP) is 6.32. The Morgan fingerprint density at radius 2 is 1.69 bits per heavy atom. The fourth-order valence-corrected chi connectivity index (χ4v) is 3.49. The van der Waals surface area contributed by atoms with Gasteiger partial charge in [0, 0.05) is 12.1 Å². The number of rotatable bonds is 7. The lowest BCUT2D eigenvalue weighted by atomic mass is 10.1. The first-order valence-electron chi connectivity index (χ1n) is 10.0. The number of hydrogen-bond acceptors (Lipinski definition) is 2. The van der Waals surface area contributed by atoms with E-state index < -0.39 is 0 Å². The normalized spacial score (nSPS) is 11.1. The molecule has 0 saturated carbocycles. The predicted molar refractivity (Wildman–Crippen MR) is 116 cm³/mol. The van der Waals surface area contributed by atoms with Crippen LogP contribution in [0.3, 0.4) is 0 Å². The van der Waals surface area contributed by atoms with E-state index in [1.807, 2.05) is 24.3 Å². The van der Waals surface area contributed by atoms with Crippen LogP contribution in [-0.4, -0.2) is 16.2 Å². The zero-order chi connectivity index (χ0) is 20.2. The fraction of sp³-hybridized carbons (Fsp3) is 0.240. The lowest BCUT2D eigenvalue weighted by Crippen LogP contribution is -2.04. The standard InChI is InChI=1S/C25H25FN2O/c1-18-9-14-22(17-19(18)2)29-16-6-5-15-28-24-8-4-3-7-23(24)27-25(28)20-10-12-21(26)13-11-20/h3-4,7-14,17H,5-6,15-16H2,1-2H3. The summed E-state index contributed by atoms with van der Waals surface area (Å²) >= 11 is 0. The molecule has 0 spiro atoms. The highest BCUT2D eigenvalue weighted by Gasteiger charge is 2.12. The minimum atomic E-state index is -0.236. The maximum Gasteiger partial charge on any atom is 0.141 e. The molecule has 4 aromatic rings. The van der Waals surface area contributed by atoms with E-state index in [2.05, 4.69) is 36.6 Å². The van der Waals surface area contributed by atoms with Crippen molar-refractivity contribution in [2.24, 2.45) is 0 Å². The molecule has 0 unspecified atom stereocenters. The molecule has 148 valence electrons. The van der Waals surface area contributed by atoms with Crippen molar-refractivity contribution in [3.05, 3.63) is 83.7 Å². The monoisotopic (exact) mass is 388 g/mol. The molecule has 0 radical (unpaired) electrons. The van der Waals surface area contributed by atoms with Gasteiger partial charge in [0.2, 0.25) is 0 Å². The van der Waals surface area contributed by atoms with Gasteiger partial charge in [-0.2, -0.15) is 0 Å². The number of fused-ring (bicyclic) bond motifs is 1. The number of ether oxygens (including phenoxy) is 1. The van der Waals surface area contributed by atoms with Crippen molar-refractivity contribution >= 4 is 11.0 Å². The maximum absolute atomic E-state index is 13.3. The Balaban J connectivity index is 1.45. The maximum atomic E-state index is 13.3. The van der Waals surface area contributed by atoms with E-state index >= 15 is 0 Å². The average Bonchev–Trinajstić information content (AvgIpc) is 3.09. The van der Waals surface area contributed by atoms with Crippen LogP contribution in [0.5, 0.6) is 5.75 Å². The van der Waals surface area contributed by atoms with E-state index in [0.717, 1.165) is 47.6 Å². The Morgan fingerprint density at radius 1 is 0.897 bits per heavy atom. The van der Waals surface area contributed by atoms with Crippen molar-refractivity contribution in [1.29, 1.82) is 0 Å². The minimum absolute atomic E-state index is 0.236. The highest BCUT2D eigenvalue weighted by Crippen LogP contribution is 2.25. The molecule has 0 bridgehead atoms. The van der Waals surface area contributed by atoms with Crippen molar-refractivity contribution in [3.63, 3.8) is 0 Å². The van der Waals surface area contributed by atoms with E-state index in [9.17, 15) is 4.39 Å². The zero-order valence-corrected chi connectivity index (χ0v) is 16.9. The van der Waals surface area contributed by atoms with Crippen LogP contribution in [0.1, 0.15) is 24.0 Å². The Kier molecular flexibility index (Phi) is 5.61. The summed E-state index contributed by atoms with van der Waals surface area (Å²) in [4.78, 5) is 4.79. The number of aryl methyl sites for hydroxylation is 3. The molecule has 1 heterocycles. The second-order valence-electron chi connectivity index (χ2n) is 7.38. The largest absolute Gasteiger partial charge is 0.494 e. The Labute approximate surface area is 170 Å². The van der Waals surface area contributed by atoms with Gasteiger partial charge in [0.05, 0.1) is 17.6 Å². The molecule has 0 atom stereocenters. The number of para-hydroxylation sites is 2. The van der Waals surface area contributed by atoms with Gasteiger partial charge in [-0.05, 0) is 86.3 Å². The summed E-state index contributed by atoms with van der Waals surface area (Å²) in [5.74, 6) is 1.56. The first-order chi connectivity index (χ1) is 14.1. The van der Waals surface area contributed by atoms with E-state index in [1.54, 1.807) is 12.1 Å². The topological polar surface area (TPSA) is 27.1 Å². The molecular weight excluding hydrogens is 363 g/mol. The molecule has 3 aromatic carbocycles. The van der Waals surface area contributed by atoms with Crippen molar-refractivity contribution < 1.29 is 9.13 Å². The summed E-state index contributed by atoms with van der Waals surface area (Å²) in [5.41, 5.74) is 5.50. The smallest absolute Gasteiger partial charge is 0.141 e. The molecule has 0 aliphatic rings. The van der Waals surface area contributed by atoms with Crippen molar-refractivity contribution in [2.75, 3.05) is 6.61 Å². The van der Waals surface area contributed by atoms with Crippen LogP contribution in [0.2, 0.25) is 0 Å². The summed E-state index contributed by atoms with van der Waals surface area (Å²) in [6, 6.07) is 20.9. The Hall–Kier alpha value is -3.14. The highest BCUT2D eigenvalue weighted by atomic mass is 19.1. The second-order valence-corrected chi connectivity index (χ2v) is 7.38. The first kappa shape index (κ1) is 19.2. The average molecular weight is 388 g/mol. The zero-order valence-electron chi connectivity index (χ0n) is 16.9. The van der Waals surface area contributed by atoms with Crippen molar-refractivity contribution in [1.82, 2.24) is 9.55 Å². The molecule has 0 saturated heterocycles. The van der Waals surface area contributed by atoms with E-state index in [-0.39, 0.29) is 5.82 Å². The lowest BCUT2D eigenvalue weighted by molar-refractivity contribution is 0.303. The van der Waals surface area contributed by atoms with Crippen LogP contribution < -0.4 is 4.74 Å².